The van der Waals surface area contributed by atoms with Crippen molar-refractivity contribution in [3.05, 3.63) is 52.8 Å². The van der Waals surface area contributed by atoms with Crippen LogP contribution in [0.25, 0.3) is 10.2 Å². The van der Waals surface area contributed by atoms with Crippen LogP contribution in [0.5, 0.6) is 0 Å². The van der Waals surface area contributed by atoms with Gasteiger partial charge in [0.05, 0.1) is 26.6 Å². The minimum atomic E-state index is -3.89. The van der Waals surface area contributed by atoms with Crippen molar-refractivity contribution in [2.24, 2.45) is 10.1 Å². The Morgan fingerprint density at radius 2 is 1.64 bits per heavy atom. The maximum atomic E-state index is 13.0. The molecular formula is C23H30N4O6S3. The third kappa shape index (κ3) is 6.28. The van der Waals surface area contributed by atoms with Gasteiger partial charge in [0.25, 0.3) is 5.91 Å². The fourth-order valence-electron chi connectivity index (χ4n) is 3.64. The number of aromatic nitrogens is 1. The second-order valence-electron chi connectivity index (χ2n) is 8.05. The van der Waals surface area contributed by atoms with Gasteiger partial charge in [-0.2, -0.15) is 9.30 Å². The number of sulfonamides is 2. The van der Waals surface area contributed by atoms with E-state index in [4.69, 9.17) is 9.88 Å². The molecule has 10 nitrogen and oxygen atoms in total. The van der Waals surface area contributed by atoms with Crippen molar-refractivity contribution in [3.8, 4) is 0 Å². The van der Waals surface area contributed by atoms with Gasteiger partial charge in [0, 0.05) is 32.3 Å². The zero-order valence-corrected chi connectivity index (χ0v) is 22.8. The number of nitrogens with two attached hydrogens (primary N) is 1. The molecule has 0 saturated carbocycles. The van der Waals surface area contributed by atoms with E-state index < -0.39 is 26.0 Å². The Bertz CT molecular complexity index is 1500. The van der Waals surface area contributed by atoms with Crippen molar-refractivity contribution in [1.29, 1.82) is 0 Å². The maximum Gasteiger partial charge on any atom is 0.279 e. The molecule has 1 aromatic heterocycles. The first-order valence-corrected chi connectivity index (χ1v) is 15.2. The fourth-order valence-corrected chi connectivity index (χ4v) is 6.97. The predicted molar refractivity (Wildman–Crippen MR) is 139 cm³/mol. The lowest BCUT2D eigenvalue weighted by Gasteiger charge is -2.21. The van der Waals surface area contributed by atoms with Gasteiger partial charge in [0.2, 0.25) is 20.0 Å². The zero-order valence-electron chi connectivity index (χ0n) is 20.4. The minimum Gasteiger partial charge on any atom is -0.383 e. The lowest BCUT2D eigenvalue weighted by molar-refractivity contribution is 0.0997. The van der Waals surface area contributed by atoms with Gasteiger partial charge < -0.3 is 9.30 Å². The molecule has 3 aromatic rings. The molecule has 13 heteroatoms. The van der Waals surface area contributed by atoms with Crippen molar-refractivity contribution in [1.82, 2.24) is 8.87 Å². The van der Waals surface area contributed by atoms with Crippen LogP contribution in [0.1, 0.15) is 37.0 Å². The molecule has 2 N–H and O–H groups in total. The monoisotopic (exact) mass is 554 g/mol. The van der Waals surface area contributed by atoms with Crippen LogP contribution in [0.3, 0.4) is 0 Å². The highest BCUT2D eigenvalue weighted by Gasteiger charge is 2.23. The van der Waals surface area contributed by atoms with Gasteiger partial charge in [-0.15, -0.1) is 0 Å². The molecule has 0 spiro atoms. The number of amides is 1. The fraction of sp³-hybridized carbons (Fsp3) is 0.391. The Balaban J connectivity index is 2.00. The van der Waals surface area contributed by atoms with E-state index in [1.165, 1.54) is 40.7 Å². The average Bonchev–Trinajstić information content (AvgIpc) is 3.18. The Morgan fingerprint density at radius 1 is 1.03 bits per heavy atom. The van der Waals surface area contributed by atoms with Crippen molar-refractivity contribution >= 4 is 47.5 Å². The first kappa shape index (κ1) is 28.2. The second-order valence-corrected chi connectivity index (χ2v) is 12.6. The molecule has 0 atom stereocenters. The topological polar surface area (TPSA) is 141 Å². The summed E-state index contributed by atoms with van der Waals surface area (Å²) in [6.07, 6.45) is 1.40. The Hall–Kier alpha value is -2.42. The largest absolute Gasteiger partial charge is 0.383 e. The van der Waals surface area contributed by atoms with Crippen LogP contribution < -0.4 is 9.94 Å². The number of benzene rings is 2. The number of thiazole rings is 1. The van der Waals surface area contributed by atoms with Crippen molar-refractivity contribution in [3.63, 3.8) is 0 Å². The summed E-state index contributed by atoms with van der Waals surface area (Å²) in [5.41, 5.74) is 0.914. The molecule has 0 fully saturated rings. The molecule has 196 valence electrons. The first-order chi connectivity index (χ1) is 17.0. The van der Waals surface area contributed by atoms with E-state index in [9.17, 15) is 21.6 Å². The lowest BCUT2D eigenvalue weighted by atomic mass is 10.2. The standard InChI is InChI=1S/C23H30N4O6S3/c1-4-12-26(13-5-2)36(31,32)18-8-6-17(7-9-18)22(28)25-23-27(14-15-33-3)20-11-10-19(35(24,29)30)16-21(20)34-23/h6-11,16H,4-5,12-15H2,1-3H3,(H2,24,29,30). The molecule has 0 aliphatic carbocycles. The number of nitrogens with zero attached hydrogens (tertiary/aromatic N) is 3. The summed E-state index contributed by atoms with van der Waals surface area (Å²) in [5.74, 6) is -0.553. The van der Waals surface area contributed by atoms with Gasteiger partial charge in [-0.3, -0.25) is 4.79 Å². The summed E-state index contributed by atoms with van der Waals surface area (Å²) in [5, 5.41) is 5.25. The molecule has 0 radical (unpaired) electrons. The third-order valence-corrected chi connectivity index (χ3v) is 9.25. The van der Waals surface area contributed by atoms with Crippen LogP contribution in [0.15, 0.2) is 57.2 Å². The number of rotatable bonds is 11. The summed E-state index contributed by atoms with van der Waals surface area (Å²) in [4.78, 5) is 17.6. The maximum absolute atomic E-state index is 13.0. The van der Waals surface area contributed by atoms with E-state index in [-0.39, 0.29) is 15.4 Å². The van der Waals surface area contributed by atoms with E-state index in [1.54, 1.807) is 17.7 Å². The van der Waals surface area contributed by atoms with Gasteiger partial charge in [0.1, 0.15) is 0 Å². The smallest absolute Gasteiger partial charge is 0.279 e. The highest BCUT2D eigenvalue weighted by atomic mass is 32.2. The number of fused-ring (bicyclic) bond motifs is 1. The summed E-state index contributed by atoms with van der Waals surface area (Å²) >= 11 is 1.15. The lowest BCUT2D eigenvalue weighted by Crippen LogP contribution is -2.32. The summed E-state index contributed by atoms with van der Waals surface area (Å²) in [7, 11) is -6.00. The molecule has 36 heavy (non-hydrogen) atoms. The summed E-state index contributed by atoms with van der Waals surface area (Å²) in [6, 6.07) is 10.2. The van der Waals surface area contributed by atoms with Crippen LogP contribution in [0.4, 0.5) is 0 Å². The number of hydrogen-bond acceptors (Lipinski definition) is 7. The average molecular weight is 555 g/mol. The van der Waals surface area contributed by atoms with Gasteiger partial charge >= 0.3 is 0 Å². The third-order valence-electron chi connectivity index (χ3n) is 5.38. The van der Waals surface area contributed by atoms with E-state index in [1.807, 2.05) is 13.8 Å². The van der Waals surface area contributed by atoms with E-state index in [0.29, 0.717) is 54.1 Å². The van der Waals surface area contributed by atoms with Crippen LogP contribution >= 0.6 is 11.3 Å². The van der Waals surface area contributed by atoms with Crippen LogP contribution in [0.2, 0.25) is 0 Å². The molecule has 1 amide bonds. The van der Waals surface area contributed by atoms with Crippen LogP contribution in [-0.2, 0) is 31.3 Å². The van der Waals surface area contributed by atoms with Crippen molar-refractivity contribution < 1.29 is 26.4 Å². The molecule has 0 aliphatic heterocycles. The molecule has 2 aromatic carbocycles. The Morgan fingerprint density at radius 3 is 2.19 bits per heavy atom. The Kier molecular flexibility index (Phi) is 9.19. The van der Waals surface area contributed by atoms with Crippen LogP contribution in [-0.4, -0.2) is 58.4 Å². The molecule has 1 heterocycles. The van der Waals surface area contributed by atoms with Crippen LogP contribution in [0, 0.1) is 0 Å². The second kappa shape index (κ2) is 11.8. The molecule has 3 rings (SSSR count). The van der Waals surface area contributed by atoms with Gasteiger partial charge in [0.15, 0.2) is 4.80 Å². The van der Waals surface area contributed by atoms with Gasteiger partial charge in [-0.05, 0) is 55.3 Å². The normalized spacial score (nSPS) is 13.1. The number of primary sulfonamides is 1. The van der Waals surface area contributed by atoms with Gasteiger partial charge in [-0.1, -0.05) is 25.2 Å². The van der Waals surface area contributed by atoms with Crippen molar-refractivity contribution in [2.75, 3.05) is 26.8 Å². The van der Waals surface area contributed by atoms with E-state index in [0.717, 1.165) is 11.3 Å². The summed E-state index contributed by atoms with van der Waals surface area (Å²) < 4.78 is 58.4. The number of carbonyl (C=O) groups is 1. The highest BCUT2D eigenvalue weighted by Crippen LogP contribution is 2.22. The van der Waals surface area contributed by atoms with Crippen molar-refractivity contribution in [2.45, 2.75) is 43.0 Å². The Labute approximate surface area is 215 Å². The summed E-state index contributed by atoms with van der Waals surface area (Å²) in [6.45, 7) is 5.43. The number of hydrogen-bond donors (Lipinski definition) is 1. The van der Waals surface area contributed by atoms with E-state index in [2.05, 4.69) is 4.99 Å². The predicted octanol–water partition coefficient (Wildman–Crippen LogP) is 2.55. The highest BCUT2D eigenvalue weighted by molar-refractivity contribution is 7.89. The number of methoxy groups -OCH3 is 1. The quantitative estimate of drug-likeness (QED) is 0.386. The van der Waals surface area contributed by atoms with E-state index >= 15 is 0 Å². The van der Waals surface area contributed by atoms with Gasteiger partial charge in [-0.25, -0.2) is 22.0 Å². The number of ether oxygens (including phenoxy) is 1. The minimum absolute atomic E-state index is 0.0370. The zero-order chi connectivity index (χ0) is 26.5. The first-order valence-electron chi connectivity index (χ1n) is 11.4. The number of carbonyl (C=O) groups excluding carboxylic acids is 1. The SMILES string of the molecule is CCCN(CCC)S(=O)(=O)c1ccc(C(=O)N=c2sc3cc(S(N)(=O)=O)ccc3n2CCOC)cc1. The molecule has 0 aliphatic rings. The molecular weight excluding hydrogens is 524 g/mol. The molecule has 0 unspecified atom stereocenters. The molecule has 0 saturated heterocycles. The molecule has 0 bridgehead atoms.